The fourth-order valence-corrected chi connectivity index (χ4v) is 3.91. The molecule has 5 heteroatoms. The van der Waals surface area contributed by atoms with Gasteiger partial charge in [-0.05, 0) is 42.8 Å². The first kappa shape index (κ1) is 16.3. The highest BCUT2D eigenvalue weighted by atomic mass is 35.5. The molecule has 0 bridgehead atoms. The summed E-state index contributed by atoms with van der Waals surface area (Å²) in [5.41, 5.74) is 5.57. The quantitative estimate of drug-likeness (QED) is 0.611. The number of hydrogen-bond acceptors (Lipinski definition) is 4. The molecule has 3 heterocycles. The van der Waals surface area contributed by atoms with Crippen LogP contribution in [-0.4, -0.2) is 15.7 Å². The second-order valence-corrected chi connectivity index (χ2v) is 7.38. The molecular formula is C22H18ClN3O. The van der Waals surface area contributed by atoms with Crippen molar-refractivity contribution in [3.05, 3.63) is 94.3 Å². The van der Waals surface area contributed by atoms with Crippen LogP contribution in [0.3, 0.4) is 0 Å². The number of hydrogen-bond donors (Lipinski definition) is 0. The molecule has 2 atom stereocenters. The molecule has 0 aliphatic carbocycles. The predicted octanol–water partition coefficient (Wildman–Crippen LogP) is 5.29. The van der Waals surface area contributed by atoms with E-state index in [1.54, 1.807) is 12.4 Å². The van der Waals surface area contributed by atoms with E-state index >= 15 is 0 Å². The first-order chi connectivity index (χ1) is 13.2. The van der Waals surface area contributed by atoms with Crippen LogP contribution in [0, 0.1) is 6.92 Å². The van der Waals surface area contributed by atoms with Crippen LogP contribution in [0.25, 0.3) is 0 Å². The number of fused-ring (bicyclic) bond motifs is 3. The highest BCUT2D eigenvalue weighted by Gasteiger charge is 2.41. The van der Waals surface area contributed by atoms with E-state index in [-0.39, 0.29) is 12.3 Å². The third-order valence-corrected chi connectivity index (χ3v) is 5.36. The van der Waals surface area contributed by atoms with Crippen molar-refractivity contribution in [1.82, 2.24) is 9.99 Å². The molecule has 2 aliphatic heterocycles. The van der Waals surface area contributed by atoms with E-state index in [0.29, 0.717) is 5.02 Å². The number of benzene rings is 2. The molecule has 0 N–H and O–H groups in total. The normalized spacial score (nSPS) is 20.5. The molecule has 0 radical (unpaired) electrons. The largest absolute Gasteiger partial charge is 0.464 e. The van der Waals surface area contributed by atoms with Crippen LogP contribution in [-0.2, 0) is 0 Å². The van der Waals surface area contributed by atoms with Gasteiger partial charge in [-0.2, -0.15) is 5.10 Å². The summed E-state index contributed by atoms with van der Waals surface area (Å²) in [6, 6.07) is 18.4. The average Bonchev–Trinajstić information content (AvgIpc) is 3.14. The van der Waals surface area contributed by atoms with Gasteiger partial charge in [0, 0.05) is 35.0 Å². The lowest BCUT2D eigenvalue weighted by Crippen LogP contribution is -2.33. The van der Waals surface area contributed by atoms with Crippen LogP contribution in [0.5, 0.6) is 5.75 Å². The zero-order valence-corrected chi connectivity index (χ0v) is 15.6. The summed E-state index contributed by atoms with van der Waals surface area (Å²) in [5, 5.41) is 7.73. The molecule has 0 amide bonds. The standard InChI is InChI=1S/C22H18ClN3O/c1-14-2-4-15(5-3-14)19-13-20-18-12-17(23)6-7-21(18)27-22(26(20)25-19)16-8-10-24-11-9-16/h2-12,20,22H,13H2,1H3/t20-,22+/m0/s1. The summed E-state index contributed by atoms with van der Waals surface area (Å²) in [6.07, 6.45) is 4.10. The lowest BCUT2D eigenvalue weighted by atomic mass is 9.95. The summed E-state index contributed by atoms with van der Waals surface area (Å²) in [5.74, 6) is 0.864. The minimum atomic E-state index is -0.283. The fourth-order valence-electron chi connectivity index (χ4n) is 3.73. The summed E-state index contributed by atoms with van der Waals surface area (Å²) in [7, 11) is 0. The number of pyridine rings is 1. The van der Waals surface area contributed by atoms with Crippen LogP contribution in [0.4, 0.5) is 0 Å². The lowest BCUT2D eigenvalue weighted by Gasteiger charge is -2.38. The Morgan fingerprint density at radius 3 is 2.59 bits per heavy atom. The van der Waals surface area contributed by atoms with Crippen molar-refractivity contribution in [2.24, 2.45) is 5.10 Å². The Labute approximate surface area is 163 Å². The molecule has 134 valence electrons. The maximum absolute atomic E-state index is 6.32. The van der Waals surface area contributed by atoms with E-state index in [0.717, 1.165) is 34.6 Å². The predicted molar refractivity (Wildman–Crippen MR) is 106 cm³/mol. The molecule has 1 aromatic heterocycles. The van der Waals surface area contributed by atoms with E-state index in [2.05, 4.69) is 41.2 Å². The summed E-state index contributed by atoms with van der Waals surface area (Å²) in [6.45, 7) is 2.09. The molecule has 0 saturated carbocycles. The molecule has 4 nitrogen and oxygen atoms in total. The zero-order chi connectivity index (χ0) is 18.4. The van der Waals surface area contributed by atoms with E-state index in [4.69, 9.17) is 21.4 Å². The molecule has 2 aliphatic rings. The first-order valence-electron chi connectivity index (χ1n) is 8.98. The molecule has 2 aromatic carbocycles. The number of halogens is 1. The third-order valence-electron chi connectivity index (χ3n) is 5.13. The second kappa shape index (κ2) is 6.39. The zero-order valence-electron chi connectivity index (χ0n) is 14.8. The van der Waals surface area contributed by atoms with E-state index in [1.807, 2.05) is 30.3 Å². The van der Waals surface area contributed by atoms with Crippen molar-refractivity contribution in [3.63, 3.8) is 0 Å². The molecule has 5 rings (SSSR count). The first-order valence-corrected chi connectivity index (χ1v) is 9.36. The molecule has 3 aromatic rings. The van der Waals surface area contributed by atoms with Gasteiger partial charge in [0.15, 0.2) is 0 Å². The van der Waals surface area contributed by atoms with Gasteiger partial charge in [0.1, 0.15) is 5.75 Å². The van der Waals surface area contributed by atoms with Gasteiger partial charge in [0.05, 0.1) is 11.8 Å². The van der Waals surface area contributed by atoms with Gasteiger partial charge in [0.25, 0.3) is 0 Å². The van der Waals surface area contributed by atoms with Gasteiger partial charge < -0.3 is 4.74 Å². The van der Waals surface area contributed by atoms with Crippen LogP contribution in [0.15, 0.2) is 72.1 Å². The van der Waals surface area contributed by atoms with Crippen molar-refractivity contribution in [2.45, 2.75) is 25.6 Å². The Balaban J connectivity index is 1.60. The molecule has 27 heavy (non-hydrogen) atoms. The molecule has 0 unspecified atom stereocenters. The summed E-state index contributed by atoms with van der Waals surface area (Å²) < 4.78 is 6.32. The van der Waals surface area contributed by atoms with E-state index in [9.17, 15) is 0 Å². The SMILES string of the molecule is Cc1ccc(C2=NN3[C@@H](c4ccncc4)Oc4ccc(Cl)cc4[C@@H]3C2)cc1. The fraction of sp³-hybridized carbons (Fsp3) is 0.182. The maximum atomic E-state index is 6.32. The smallest absolute Gasteiger partial charge is 0.213 e. The Hall–Kier alpha value is -2.85. The Morgan fingerprint density at radius 1 is 1.04 bits per heavy atom. The number of ether oxygens (including phenoxy) is 1. The van der Waals surface area contributed by atoms with Gasteiger partial charge in [-0.1, -0.05) is 41.4 Å². The van der Waals surface area contributed by atoms with Crippen LogP contribution < -0.4 is 4.74 Å². The Kier molecular flexibility index (Phi) is 3.87. The number of aromatic nitrogens is 1. The van der Waals surface area contributed by atoms with Gasteiger partial charge >= 0.3 is 0 Å². The van der Waals surface area contributed by atoms with Crippen molar-refractivity contribution in [3.8, 4) is 5.75 Å². The lowest BCUT2D eigenvalue weighted by molar-refractivity contribution is -0.0190. The van der Waals surface area contributed by atoms with Gasteiger partial charge in [-0.15, -0.1) is 0 Å². The highest BCUT2D eigenvalue weighted by Crippen LogP contribution is 2.48. The third kappa shape index (κ3) is 2.86. The van der Waals surface area contributed by atoms with Crippen molar-refractivity contribution in [1.29, 1.82) is 0 Å². The minimum absolute atomic E-state index is 0.0990. The minimum Gasteiger partial charge on any atom is -0.464 e. The topological polar surface area (TPSA) is 37.7 Å². The van der Waals surface area contributed by atoms with Crippen molar-refractivity contribution >= 4 is 17.3 Å². The van der Waals surface area contributed by atoms with Crippen LogP contribution in [0.2, 0.25) is 5.02 Å². The van der Waals surface area contributed by atoms with E-state index in [1.165, 1.54) is 5.56 Å². The number of aryl methyl sites for hydroxylation is 1. The average molecular weight is 376 g/mol. The van der Waals surface area contributed by atoms with Gasteiger partial charge in [-0.3, -0.25) is 4.98 Å². The van der Waals surface area contributed by atoms with Crippen LogP contribution >= 0.6 is 11.6 Å². The Morgan fingerprint density at radius 2 is 1.81 bits per heavy atom. The number of hydrazone groups is 1. The summed E-state index contributed by atoms with van der Waals surface area (Å²) >= 11 is 6.27. The number of rotatable bonds is 2. The Bertz CT molecular complexity index is 1020. The molecule has 0 saturated heterocycles. The molecular weight excluding hydrogens is 358 g/mol. The van der Waals surface area contributed by atoms with E-state index < -0.39 is 0 Å². The maximum Gasteiger partial charge on any atom is 0.213 e. The van der Waals surface area contributed by atoms with Gasteiger partial charge in [0.2, 0.25) is 6.23 Å². The van der Waals surface area contributed by atoms with Crippen molar-refractivity contribution in [2.75, 3.05) is 0 Å². The highest BCUT2D eigenvalue weighted by molar-refractivity contribution is 6.30. The second-order valence-electron chi connectivity index (χ2n) is 6.95. The van der Waals surface area contributed by atoms with Gasteiger partial charge in [-0.25, -0.2) is 5.01 Å². The molecule has 0 spiro atoms. The monoisotopic (exact) mass is 375 g/mol. The molecule has 0 fully saturated rings. The summed E-state index contributed by atoms with van der Waals surface area (Å²) in [4.78, 5) is 4.13. The van der Waals surface area contributed by atoms with Crippen LogP contribution in [0.1, 0.15) is 40.9 Å². The van der Waals surface area contributed by atoms with Crippen molar-refractivity contribution < 1.29 is 4.74 Å². The number of nitrogens with zero attached hydrogens (tertiary/aromatic N) is 3.